The largest absolute Gasteiger partial charge is 0.481 e. The highest BCUT2D eigenvalue weighted by atomic mass is 32.2. The van der Waals surface area contributed by atoms with Crippen molar-refractivity contribution in [3.63, 3.8) is 0 Å². The van der Waals surface area contributed by atoms with Gasteiger partial charge in [0.15, 0.2) is 23.9 Å². The lowest BCUT2D eigenvalue weighted by Crippen LogP contribution is -2.48. The number of phosphoric ester groups is 4. The topological polar surface area (TPSA) is 680 Å². The van der Waals surface area contributed by atoms with Crippen molar-refractivity contribution in [2.75, 3.05) is 63.2 Å². The molecule has 2 aliphatic heterocycles. The normalized spacial score (nSPS) is 22.2. The van der Waals surface area contributed by atoms with Crippen molar-refractivity contribution in [3.05, 3.63) is 82.2 Å². The van der Waals surface area contributed by atoms with Crippen molar-refractivity contribution < 1.29 is 139 Å². The van der Waals surface area contributed by atoms with Gasteiger partial charge in [0, 0.05) is 55.6 Å². The van der Waals surface area contributed by atoms with Crippen LogP contribution in [0.25, 0.3) is 22.1 Å². The van der Waals surface area contributed by atoms with E-state index < -0.39 is 196 Å². The lowest BCUT2D eigenvalue weighted by molar-refractivity contribution is -0.138. The number of aliphatic hydroxyl groups excluding tert-OH is 4. The number of rotatable bonds is 36. The molecule has 5 heterocycles. The number of anilines is 2. The molecule has 7 rings (SSSR count). The molecule has 546 valence electrons. The van der Waals surface area contributed by atoms with Crippen molar-refractivity contribution in [1.82, 2.24) is 56.1 Å². The molecule has 2 fully saturated rings. The summed E-state index contributed by atoms with van der Waals surface area (Å²) >= 11 is 0.628. The number of phosphoric acid groups is 4. The molecule has 2 saturated heterocycles. The average molecular weight is 1500 g/mol. The molecule has 2 aromatic carbocycles. The molecule has 0 spiro atoms. The zero-order valence-electron chi connectivity index (χ0n) is 51.8. The highest BCUT2D eigenvalue weighted by molar-refractivity contribution is 8.13. The highest BCUT2D eigenvalue weighted by Gasteiger charge is 2.51. The summed E-state index contributed by atoms with van der Waals surface area (Å²) in [4.78, 5) is 166. The third-order valence-electron chi connectivity index (χ3n) is 14.7. The number of H-pyrrole nitrogens is 1. The van der Waals surface area contributed by atoms with Crippen LogP contribution in [0.5, 0.6) is 0 Å². The number of carbonyl (C=O) groups excluding carboxylic acids is 5. The number of nitrogen functional groups attached to an aromatic ring is 2. The maximum absolute atomic E-state index is 13.6. The Kier molecular flexibility index (Phi) is 26.8. The Bertz CT molecular complexity index is 4020. The predicted molar refractivity (Wildman–Crippen MR) is 336 cm³/mol. The molecule has 0 radical (unpaired) electrons. The standard InChI is InChI=1S/C51H71N13O30P4S/c1-50(2,21-90-98(86,87)94-97(84,85)89-19-31-39(93-96(81,82)83)38(71)47(92-31)64-23-59-35-41(52)57-22-58-42(35)64)40(72)45(75)56-12-11-32(65)55-13-14-99-48(76)29(9-10-34(67)68)60-43(73)25-4-6-26(7-5-25)51(77,16-24-3-8-28-27(15-24)44(74)63-49(53)61-28)20-54-17-33(66)62-46-37(70)36(69)30(91-46)18-88-95(78,79)80/h3-8,15,22-23,29-31,36-40,46-47,54,69-72,77H,9-14,16-21H2,1-2H3,(H,55,65)(H,56,75)(H,60,73)(H,62,66)(H,67,68)(H,84,85)(H,86,87)(H2,52,57,58)(H2,78,79,80)(H2,81,82,83)(H3,53,61,63,74). The number of amides is 4. The SMILES string of the molecule is CC(C)(COP(=O)(O)OP(=O)(O)OCC1OC(n2cnc3c(N)ncnc32)C(O)C1OP(=O)(O)O)C(O)C(=O)NCCC(=O)NCCSC(=O)C(CCC(=O)O)NC(=O)c1ccc(C(O)(CNCC(=O)NC2OC(COP(=O)(O)O)C(O)C2O)Cc2ccc3nc(N)[nH]c(=O)c3c2)cc1. The second-order valence-electron chi connectivity index (χ2n) is 22.8. The minimum atomic E-state index is -5.69. The van der Waals surface area contributed by atoms with Crippen molar-refractivity contribution in [2.45, 2.75) is 106 Å². The van der Waals surface area contributed by atoms with E-state index in [1.54, 1.807) is 6.07 Å². The van der Waals surface area contributed by atoms with Gasteiger partial charge in [-0.15, -0.1) is 0 Å². The first-order valence-corrected chi connectivity index (χ1v) is 36.1. The van der Waals surface area contributed by atoms with Crippen LogP contribution in [-0.4, -0.2) is 231 Å². The van der Waals surface area contributed by atoms with Gasteiger partial charge in [-0.1, -0.05) is 43.8 Å². The summed E-state index contributed by atoms with van der Waals surface area (Å²) in [6, 6.07) is 8.33. The summed E-state index contributed by atoms with van der Waals surface area (Å²) in [5.41, 5.74) is 7.87. The zero-order valence-corrected chi connectivity index (χ0v) is 56.2. The van der Waals surface area contributed by atoms with Gasteiger partial charge in [-0.05, 0) is 41.8 Å². The molecule has 5 aromatic rings. The molecule has 0 bridgehead atoms. The van der Waals surface area contributed by atoms with Gasteiger partial charge in [-0.2, -0.15) is 4.31 Å². The highest BCUT2D eigenvalue weighted by Crippen LogP contribution is 2.61. The molecule has 48 heteroatoms. The minimum absolute atomic E-state index is 0.0177. The van der Waals surface area contributed by atoms with Crippen molar-refractivity contribution >= 4 is 112 Å². The van der Waals surface area contributed by atoms with Gasteiger partial charge >= 0.3 is 37.3 Å². The molecule has 0 aliphatic carbocycles. The number of imidazole rings is 1. The number of aliphatic hydroxyl groups is 5. The molecule has 43 nitrogen and oxygen atoms in total. The van der Waals surface area contributed by atoms with Crippen LogP contribution in [-0.2, 0) is 86.1 Å². The number of ether oxygens (including phenoxy) is 2. The minimum Gasteiger partial charge on any atom is -0.481 e. The van der Waals surface area contributed by atoms with Crippen LogP contribution in [0, 0.1) is 5.41 Å². The van der Waals surface area contributed by atoms with Gasteiger partial charge < -0.3 is 108 Å². The van der Waals surface area contributed by atoms with Gasteiger partial charge in [-0.3, -0.25) is 61.2 Å². The number of fused-ring (bicyclic) bond motifs is 2. The van der Waals surface area contributed by atoms with E-state index in [0.717, 1.165) is 17.2 Å². The maximum Gasteiger partial charge on any atom is 0.481 e. The summed E-state index contributed by atoms with van der Waals surface area (Å²) < 4.78 is 83.6. The van der Waals surface area contributed by atoms with Crippen molar-refractivity contribution in [2.24, 2.45) is 5.41 Å². The Balaban J connectivity index is 0.862. The summed E-state index contributed by atoms with van der Waals surface area (Å²) in [6.07, 6.45) is -15.3. The van der Waals surface area contributed by atoms with E-state index in [1.165, 1.54) is 50.2 Å². The summed E-state index contributed by atoms with van der Waals surface area (Å²) in [7, 11) is -21.7. The number of nitrogens with two attached hydrogens (primary N) is 2. The van der Waals surface area contributed by atoms with E-state index in [1.807, 2.05) is 0 Å². The first kappa shape index (κ1) is 79.6. The van der Waals surface area contributed by atoms with E-state index in [2.05, 4.69) is 64.9 Å². The number of nitrogens with zero attached hydrogens (tertiary/aromatic N) is 5. The number of aromatic nitrogens is 6. The molecule has 22 N–H and O–H groups in total. The number of thioether (sulfide) groups is 1. The average Bonchev–Trinajstić information content (AvgIpc) is 1.64. The maximum atomic E-state index is 13.6. The quantitative estimate of drug-likeness (QED) is 0.0134. The van der Waals surface area contributed by atoms with E-state index in [4.69, 9.17) is 39.8 Å². The van der Waals surface area contributed by atoms with Gasteiger partial charge in [0.05, 0.1) is 49.6 Å². The molecule has 0 saturated carbocycles. The molecule has 2 aliphatic rings. The van der Waals surface area contributed by atoms with E-state index in [9.17, 15) is 102 Å². The molecule has 99 heavy (non-hydrogen) atoms. The summed E-state index contributed by atoms with van der Waals surface area (Å²) in [6.45, 7) is -2.25. The lowest BCUT2D eigenvalue weighted by Gasteiger charge is -2.30. The Morgan fingerprint density at radius 3 is 2.18 bits per heavy atom. The smallest absolute Gasteiger partial charge is 0.481 e. The summed E-state index contributed by atoms with van der Waals surface area (Å²) in [5, 5.41) is 76.0. The third-order valence-corrected chi connectivity index (χ3v) is 19.3. The Labute approximate surface area is 561 Å². The molecule has 4 amide bonds. The monoisotopic (exact) mass is 1500 g/mol. The number of nitrogens with one attached hydrogen (secondary N) is 6. The molecule has 13 unspecified atom stereocenters. The Morgan fingerprint density at radius 2 is 1.51 bits per heavy atom. The van der Waals surface area contributed by atoms with Crippen molar-refractivity contribution in [3.8, 4) is 0 Å². The van der Waals surface area contributed by atoms with E-state index in [-0.39, 0.29) is 70.1 Å². The number of benzene rings is 2. The van der Waals surface area contributed by atoms with Gasteiger partial charge in [0.2, 0.25) is 28.8 Å². The van der Waals surface area contributed by atoms with Crippen LogP contribution < -0.4 is 43.6 Å². The zero-order chi connectivity index (χ0) is 73.2. The number of hydrogen-bond acceptors (Lipinski definition) is 31. The number of carboxylic acids is 1. The van der Waals surface area contributed by atoms with Crippen LogP contribution >= 0.6 is 43.1 Å². The number of carboxylic acid groups (broad SMARTS) is 1. The third kappa shape index (κ3) is 22.6. The summed E-state index contributed by atoms with van der Waals surface area (Å²) in [5.74, 6) is -5.14. The van der Waals surface area contributed by atoms with Crippen LogP contribution in [0.1, 0.15) is 60.8 Å². The fourth-order valence-electron chi connectivity index (χ4n) is 9.76. The molecular formula is C51H71N13O30P4S. The number of aliphatic carboxylic acids is 1. The van der Waals surface area contributed by atoms with E-state index >= 15 is 0 Å². The van der Waals surface area contributed by atoms with Crippen LogP contribution in [0.15, 0.2) is 59.9 Å². The fourth-order valence-corrected chi connectivity index (χ4v) is 13.7. The molecule has 3 aromatic heterocycles. The predicted octanol–water partition coefficient (Wildman–Crippen LogP) is -4.16. The number of aromatic amines is 1. The second-order valence-corrected chi connectivity index (χ2v) is 29.4. The van der Waals surface area contributed by atoms with Crippen LogP contribution in [0.2, 0.25) is 0 Å². The van der Waals surface area contributed by atoms with Crippen LogP contribution in [0.4, 0.5) is 11.8 Å². The van der Waals surface area contributed by atoms with Crippen LogP contribution in [0.3, 0.4) is 0 Å². The Morgan fingerprint density at radius 1 is 0.818 bits per heavy atom. The van der Waals surface area contributed by atoms with Gasteiger partial charge in [-0.25, -0.2) is 38.2 Å². The fraction of sp³-hybridized carbons (Fsp3) is 0.510. The van der Waals surface area contributed by atoms with Gasteiger partial charge in [0.25, 0.3) is 11.5 Å². The molecule has 13 atom stereocenters. The van der Waals surface area contributed by atoms with Crippen molar-refractivity contribution in [1.29, 1.82) is 0 Å². The lowest BCUT2D eigenvalue weighted by atomic mass is 9.86. The first-order valence-electron chi connectivity index (χ1n) is 29.0. The van der Waals surface area contributed by atoms with E-state index in [0.29, 0.717) is 17.3 Å². The second kappa shape index (κ2) is 33.4. The molecular weight excluding hydrogens is 1430 g/mol. The van der Waals surface area contributed by atoms with Gasteiger partial charge in [0.1, 0.15) is 60.2 Å². The number of carbonyl (C=O) groups is 6. The Hall–Kier alpha value is -6.74. The first-order chi connectivity index (χ1) is 46.1. The number of hydrogen-bond donors (Lipinski definition) is 20.